The molecule has 88 valence electrons. The van der Waals surface area contributed by atoms with Crippen molar-refractivity contribution in [2.24, 2.45) is 0 Å². The fraction of sp³-hybridized carbons (Fsp3) is 0.182. The van der Waals surface area contributed by atoms with Crippen LogP contribution in [0.3, 0.4) is 0 Å². The van der Waals surface area contributed by atoms with Gasteiger partial charge in [-0.15, -0.1) is 0 Å². The van der Waals surface area contributed by atoms with E-state index in [9.17, 15) is 0 Å². The van der Waals surface area contributed by atoms with Crippen molar-refractivity contribution in [3.05, 3.63) is 46.2 Å². The summed E-state index contributed by atoms with van der Waals surface area (Å²) < 4.78 is 5.50. The summed E-state index contributed by atoms with van der Waals surface area (Å²) in [4.78, 5) is 11.8. The molecule has 2 rings (SSSR count). The highest BCUT2D eigenvalue weighted by Gasteiger charge is 2.06. The Morgan fingerprint density at radius 1 is 1.29 bits per heavy atom. The van der Waals surface area contributed by atoms with Gasteiger partial charge in [0.1, 0.15) is 6.61 Å². The van der Waals surface area contributed by atoms with Crippen LogP contribution >= 0.6 is 23.2 Å². The quantitative estimate of drug-likeness (QED) is 0.635. The lowest BCUT2D eigenvalue weighted by molar-refractivity contribution is 0.302. The largest absolute Gasteiger partial charge is 0.484 e. The molecule has 0 bridgehead atoms. The van der Waals surface area contributed by atoms with E-state index < -0.39 is 0 Å². The number of pyridine rings is 1. The van der Waals surface area contributed by atoms with E-state index in [0.29, 0.717) is 12.4 Å². The second-order valence-electron chi connectivity index (χ2n) is 3.33. The van der Waals surface area contributed by atoms with E-state index in [4.69, 9.17) is 27.9 Å². The molecule has 6 heteroatoms. The van der Waals surface area contributed by atoms with Crippen LogP contribution in [0.25, 0.3) is 0 Å². The predicted octanol–water partition coefficient (Wildman–Crippen LogP) is 3.07. The molecule has 2 aromatic rings. The summed E-state index contributed by atoms with van der Waals surface area (Å²) in [6.07, 6.45) is 3.18. The smallest absolute Gasteiger partial charge is 0.224 e. The van der Waals surface area contributed by atoms with Gasteiger partial charge in [-0.1, -0.05) is 17.7 Å². The number of nitrogens with zero attached hydrogens (tertiary/aromatic N) is 3. The normalized spacial score (nSPS) is 10.3. The van der Waals surface area contributed by atoms with Crippen molar-refractivity contribution in [2.75, 3.05) is 0 Å². The van der Waals surface area contributed by atoms with Crippen molar-refractivity contribution in [3.63, 3.8) is 0 Å². The van der Waals surface area contributed by atoms with E-state index in [-0.39, 0.29) is 10.4 Å². The van der Waals surface area contributed by atoms with Crippen molar-refractivity contribution in [3.8, 4) is 5.75 Å². The Labute approximate surface area is 109 Å². The Bertz CT molecular complexity index is 534. The zero-order chi connectivity index (χ0) is 12.3. The minimum Gasteiger partial charge on any atom is -0.484 e. The van der Waals surface area contributed by atoms with Gasteiger partial charge in [0.2, 0.25) is 5.28 Å². The maximum absolute atomic E-state index is 5.86. The Morgan fingerprint density at radius 3 is 2.82 bits per heavy atom. The minimum absolute atomic E-state index is 0.0971. The van der Waals surface area contributed by atoms with Gasteiger partial charge in [0.05, 0.1) is 6.20 Å². The van der Waals surface area contributed by atoms with Crippen LogP contribution in [0, 0.1) is 6.92 Å². The van der Waals surface area contributed by atoms with Crippen LogP contribution in [0.15, 0.2) is 24.5 Å². The highest BCUT2D eigenvalue weighted by molar-refractivity contribution is 6.32. The molecule has 0 aliphatic rings. The number of halogens is 2. The van der Waals surface area contributed by atoms with Crippen molar-refractivity contribution in [1.29, 1.82) is 0 Å². The van der Waals surface area contributed by atoms with Gasteiger partial charge in [-0.25, -0.2) is 9.97 Å². The second-order valence-corrected chi connectivity index (χ2v) is 4.03. The molecule has 2 heterocycles. The Balaban J connectivity index is 2.10. The SMILES string of the molecule is Cc1ncccc1COc1cnc(Cl)nc1Cl. The van der Waals surface area contributed by atoms with Crippen molar-refractivity contribution in [1.82, 2.24) is 15.0 Å². The topological polar surface area (TPSA) is 47.9 Å². The third kappa shape index (κ3) is 3.05. The predicted molar refractivity (Wildman–Crippen MR) is 65.4 cm³/mol. The van der Waals surface area contributed by atoms with Gasteiger partial charge in [0.25, 0.3) is 0 Å². The monoisotopic (exact) mass is 269 g/mol. The lowest BCUT2D eigenvalue weighted by Gasteiger charge is -2.08. The van der Waals surface area contributed by atoms with Gasteiger partial charge in [-0.2, -0.15) is 0 Å². The molecular formula is C11H9Cl2N3O. The zero-order valence-electron chi connectivity index (χ0n) is 9.02. The molecule has 2 aromatic heterocycles. The van der Waals surface area contributed by atoms with Gasteiger partial charge < -0.3 is 4.74 Å². The molecule has 17 heavy (non-hydrogen) atoms. The van der Waals surface area contributed by atoms with Crippen LogP contribution in [0.4, 0.5) is 0 Å². The van der Waals surface area contributed by atoms with Crippen LogP contribution in [0.2, 0.25) is 10.4 Å². The molecule has 0 unspecified atom stereocenters. The Kier molecular flexibility index (Phi) is 3.76. The highest BCUT2D eigenvalue weighted by Crippen LogP contribution is 2.23. The number of ether oxygens (including phenoxy) is 1. The summed E-state index contributed by atoms with van der Waals surface area (Å²) in [6.45, 7) is 2.28. The van der Waals surface area contributed by atoms with Gasteiger partial charge in [-0.3, -0.25) is 4.98 Å². The lowest BCUT2D eigenvalue weighted by Crippen LogP contribution is -2.00. The minimum atomic E-state index is 0.0971. The number of rotatable bonds is 3. The van der Waals surface area contributed by atoms with Crippen LogP contribution < -0.4 is 4.74 Å². The molecule has 0 aromatic carbocycles. The van der Waals surface area contributed by atoms with E-state index >= 15 is 0 Å². The third-order valence-corrected chi connectivity index (χ3v) is 2.63. The zero-order valence-corrected chi connectivity index (χ0v) is 10.5. The van der Waals surface area contributed by atoms with Crippen LogP contribution in [0.5, 0.6) is 5.75 Å². The summed E-state index contributed by atoms with van der Waals surface area (Å²) >= 11 is 11.4. The maximum Gasteiger partial charge on any atom is 0.224 e. The summed E-state index contributed by atoms with van der Waals surface area (Å²) in [5.41, 5.74) is 1.90. The third-order valence-electron chi connectivity index (χ3n) is 2.18. The van der Waals surface area contributed by atoms with Crippen molar-refractivity contribution < 1.29 is 4.74 Å². The van der Waals surface area contributed by atoms with E-state index in [2.05, 4.69) is 15.0 Å². The summed E-state index contributed by atoms with van der Waals surface area (Å²) in [5, 5.41) is 0.298. The lowest BCUT2D eigenvalue weighted by atomic mass is 10.2. The summed E-state index contributed by atoms with van der Waals surface area (Å²) in [6, 6.07) is 3.79. The van der Waals surface area contributed by atoms with Crippen LogP contribution in [-0.2, 0) is 6.61 Å². The number of hydrogen-bond acceptors (Lipinski definition) is 4. The molecule has 0 radical (unpaired) electrons. The Morgan fingerprint density at radius 2 is 2.12 bits per heavy atom. The molecule has 0 saturated heterocycles. The standard InChI is InChI=1S/C11H9Cl2N3O/c1-7-8(3-2-4-14-7)6-17-9-5-15-11(13)16-10(9)12/h2-5H,6H2,1H3. The fourth-order valence-electron chi connectivity index (χ4n) is 1.25. The van der Waals surface area contributed by atoms with Gasteiger partial charge in [0.15, 0.2) is 10.9 Å². The average molecular weight is 270 g/mol. The van der Waals surface area contributed by atoms with Gasteiger partial charge >= 0.3 is 0 Å². The average Bonchev–Trinajstić information content (AvgIpc) is 2.30. The first kappa shape index (κ1) is 12.1. The van der Waals surface area contributed by atoms with Gasteiger partial charge in [0, 0.05) is 17.5 Å². The molecule has 4 nitrogen and oxygen atoms in total. The van der Waals surface area contributed by atoms with Crippen LogP contribution in [0.1, 0.15) is 11.3 Å². The number of aryl methyl sites for hydroxylation is 1. The molecular weight excluding hydrogens is 261 g/mol. The molecule has 0 atom stereocenters. The second kappa shape index (κ2) is 5.29. The molecule has 0 saturated carbocycles. The van der Waals surface area contributed by atoms with Gasteiger partial charge in [-0.05, 0) is 24.6 Å². The molecule has 0 fully saturated rings. The van der Waals surface area contributed by atoms with E-state index in [0.717, 1.165) is 11.3 Å². The molecule has 0 spiro atoms. The van der Waals surface area contributed by atoms with Crippen molar-refractivity contribution >= 4 is 23.2 Å². The number of aromatic nitrogens is 3. The first-order chi connectivity index (χ1) is 8.16. The molecule has 0 aliphatic heterocycles. The fourth-order valence-corrected chi connectivity index (χ4v) is 1.61. The number of hydrogen-bond donors (Lipinski definition) is 0. The molecule has 0 aliphatic carbocycles. The summed E-state index contributed by atoms with van der Waals surface area (Å²) in [5.74, 6) is 0.402. The molecule has 0 amide bonds. The van der Waals surface area contributed by atoms with E-state index in [1.807, 2.05) is 19.1 Å². The summed E-state index contributed by atoms with van der Waals surface area (Å²) in [7, 11) is 0. The highest BCUT2D eigenvalue weighted by atomic mass is 35.5. The maximum atomic E-state index is 5.86. The van der Waals surface area contributed by atoms with Crippen molar-refractivity contribution in [2.45, 2.75) is 13.5 Å². The first-order valence-electron chi connectivity index (χ1n) is 4.88. The first-order valence-corrected chi connectivity index (χ1v) is 5.64. The van der Waals surface area contributed by atoms with Crippen LogP contribution in [-0.4, -0.2) is 15.0 Å². The Hall–Kier alpha value is -1.39. The molecule has 0 N–H and O–H groups in total. The van der Waals surface area contributed by atoms with E-state index in [1.54, 1.807) is 6.20 Å². The van der Waals surface area contributed by atoms with E-state index in [1.165, 1.54) is 6.20 Å².